The van der Waals surface area contributed by atoms with Crippen molar-refractivity contribution in [2.45, 2.75) is 38.6 Å². The molecule has 3 rings (SSSR count). The van der Waals surface area contributed by atoms with Gasteiger partial charge in [-0.05, 0) is 62.3 Å². The monoisotopic (exact) mass is 361 g/mol. The Labute approximate surface area is 154 Å². The van der Waals surface area contributed by atoms with Crippen molar-refractivity contribution >= 4 is 35.1 Å². The van der Waals surface area contributed by atoms with Crippen LogP contribution in [0.1, 0.15) is 32.6 Å². The molecule has 0 aromatic heterocycles. The first-order valence-electron chi connectivity index (χ1n) is 9.05. The summed E-state index contributed by atoms with van der Waals surface area (Å²) in [7, 11) is 0. The van der Waals surface area contributed by atoms with Gasteiger partial charge in [-0.1, -0.05) is 6.07 Å². The maximum Gasteiger partial charge on any atom is 0.321 e. The van der Waals surface area contributed by atoms with Crippen molar-refractivity contribution in [3.63, 3.8) is 0 Å². The van der Waals surface area contributed by atoms with E-state index in [2.05, 4.69) is 18.5 Å². The highest BCUT2D eigenvalue weighted by Gasteiger charge is 2.29. The summed E-state index contributed by atoms with van der Waals surface area (Å²) in [5, 5.41) is 3.00. The largest absolute Gasteiger partial charge is 0.325 e. The van der Waals surface area contributed by atoms with E-state index in [4.69, 9.17) is 0 Å². The summed E-state index contributed by atoms with van der Waals surface area (Å²) in [5.74, 6) is 2.07. The number of carbonyl (C=O) groups is 2. The third-order valence-electron chi connectivity index (χ3n) is 5.17. The van der Waals surface area contributed by atoms with Gasteiger partial charge in [-0.3, -0.25) is 4.79 Å². The number of amides is 3. The van der Waals surface area contributed by atoms with Crippen LogP contribution in [0.5, 0.6) is 0 Å². The van der Waals surface area contributed by atoms with E-state index in [-0.39, 0.29) is 18.0 Å². The molecule has 1 aromatic carbocycles. The van der Waals surface area contributed by atoms with E-state index in [1.807, 2.05) is 45.8 Å². The average molecular weight is 362 g/mol. The second-order valence-electron chi connectivity index (χ2n) is 7.02. The van der Waals surface area contributed by atoms with Crippen LogP contribution in [0, 0.1) is 5.92 Å². The number of hydrogen-bond donors (Lipinski definition) is 1. The van der Waals surface area contributed by atoms with Gasteiger partial charge in [-0.15, -0.1) is 0 Å². The minimum absolute atomic E-state index is 0.0412. The SMILES string of the molecule is CSCC1CCN(C(=O)Nc2cccc(N3C(=O)CCC3C)c2)CC1. The van der Waals surface area contributed by atoms with Crippen LogP contribution in [0.3, 0.4) is 0 Å². The molecule has 1 atom stereocenters. The molecular weight excluding hydrogens is 334 g/mol. The normalized spacial score (nSPS) is 21.7. The molecule has 5 nitrogen and oxygen atoms in total. The molecule has 2 heterocycles. The van der Waals surface area contributed by atoms with Crippen LogP contribution in [0.25, 0.3) is 0 Å². The van der Waals surface area contributed by atoms with Crippen molar-refractivity contribution in [2.75, 3.05) is 35.3 Å². The minimum atomic E-state index is -0.0412. The first-order valence-corrected chi connectivity index (χ1v) is 10.4. The first-order chi connectivity index (χ1) is 12.1. The second-order valence-corrected chi connectivity index (χ2v) is 7.93. The molecule has 2 aliphatic heterocycles. The van der Waals surface area contributed by atoms with Crippen LogP contribution in [0.4, 0.5) is 16.2 Å². The topological polar surface area (TPSA) is 52.7 Å². The van der Waals surface area contributed by atoms with E-state index < -0.39 is 0 Å². The van der Waals surface area contributed by atoms with Crippen molar-refractivity contribution < 1.29 is 9.59 Å². The van der Waals surface area contributed by atoms with E-state index >= 15 is 0 Å². The van der Waals surface area contributed by atoms with E-state index in [0.29, 0.717) is 6.42 Å². The van der Waals surface area contributed by atoms with E-state index in [1.165, 1.54) is 5.75 Å². The minimum Gasteiger partial charge on any atom is -0.325 e. The predicted octanol–water partition coefficient (Wildman–Crippen LogP) is 3.81. The summed E-state index contributed by atoms with van der Waals surface area (Å²) in [6.45, 7) is 3.70. The highest BCUT2D eigenvalue weighted by Crippen LogP contribution is 2.28. The van der Waals surface area contributed by atoms with Gasteiger partial charge < -0.3 is 15.1 Å². The smallest absolute Gasteiger partial charge is 0.321 e. The molecule has 0 saturated carbocycles. The van der Waals surface area contributed by atoms with Gasteiger partial charge >= 0.3 is 6.03 Å². The number of likely N-dealkylation sites (tertiary alicyclic amines) is 1. The zero-order valence-corrected chi connectivity index (χ0v) is 15.8. The van der Waals surface area contributed by atoms with Gasteiger partial charge in [0, 0.05) is 36.9 Å². The number of urea groups is 1. The number of thioether (sulfide) groups is 1. The average Bonchev–Trinajstić information content (AvgIpc) is 2.94. The van der Waals surface area contributed by atoms with Crippen molar-refractivity contribution in [3.05, 3.63) is 24.3 Å². The molecule has 0 spiro atoms. The standard InChI is InChI=1S/C19H27N3O2S/c1-14-6-7-18(23)22(14)17-5-3-4-16(12-17)20-19(24)21-10-8-15(9-11-21)13-25-2/h3-5,12,14-15H,6-11,13H2,1-2H3,(H,20,24). The van der Waals surface area contributed by atoms with E-state index in [0.717, 1.165) is 49.6 Å². The first kappa shape index (κ1) is 18.1. The van der Waals surface area contributed by atoms with Gasteiger partial charge in [0.1, 0.15) is 0 Å². The Morgan fingerprint density at radius 1 is 1.28 bits per heavy atom. The summed E-state index contributed by atoms with van der Waals surface area (Å²) >= 11 is 1.88. The molecule has 3 amide bonds. The van der Waals surface area contributed by atoms with Crippen molar-refractivity contribution in [3.8, 4) is 0 Å². The Hall–Kier alpha value is -1.69. The summed E-state index contributed by atoms with van der Waals surface area (Å²) in [5.41, 5.74) is 1.62. The lowest BCUT2D eigenvalue weighted by Gasteiger charge is -2.31. The Kier molecular flexibility index (Phi) is 5.89. The molecule has 0 radical (unpaired) electrons. The van der Waals surface area contributed by atoms with Crippen LogP contribution in [0.15, 0.2) is 24.3 Å². The maximum atomic E-state index is 12.5. The lowest BCUT2D eigenvalue weighted by atomic mass is 9.99. The van der Waals surface area contributed by atoms with Crippen molar-refractivity contribution in [2.24, 2.45) is 5.92 Å². The van der Waals surface area contributed by atoms with E-state index in [9.17, 15) is 9.59 Å². The van der Waals surface area contributed by atoms with E-state index in [1.54, 1.807) is 0 Å². The number of hydrogen-bond acceptors (Lipinski definition) is 3. The summed E-state index contributed by atoms with van der Waals surface area (Å²) in [4.78, 5) is 28.3. The summed E-state index contributed by atoms with van der Waals surface area (Å²) in [6.07, 6.45) is 5.78. The fourth-order valence-corrected chi connectivity index (χ4v) is 4.51. The number of piperidine rings is 1. The highest BCUT2D eigenvalue weighted by atomic mass is 32.2. The molecule has 136 valence electrons. The Bertz CT molecular complexity index is 629. The van der Waals surface area contributed by atoms with Gasteiger partial charge in [0.05, 0.1) is 0 Å². The fourth-order valence-electron chi connectivity index (χ4n) is 3.70. The van der Waals surface area contributed by atoms with Crippen LogP contribution >= 0.6 is 11.8 Å². The molecule has 1 aromatic rings. The molecule has 0 aliphatic carbocycles. The summed E-state index contributed by atoms with van der Waals surface area (Å²) in [6, 6.07) is 7.79. The second kappa shape index (κ2) is 8.13. The van der Waals surface area contributed by atoms with Crippen molar-refractivity contribution in [1.29, 1.82) is 0 Å². The molecule has 2 fully saturated rings. The van der Waals surface area contributed by atoms with Crippen LogP contribution in [-0.4, -0.2) is 48.0 Å². The fraction of sp³-hybridized carbons (Fsp3) is 0.579. The zero-order valence-electron chi connectivity index (χ0n) is 15.0. The molecule has 1 unspecified atom stereocenters. The summed E-state index contributed by atoms with van der Waals surface area (Å²) < 4.78 is 0. The van der Waals surface area contributed by atoms with Gasteiger partial charge in [-0.2, -0.15) is 11.8 Å². The number of anilines is 2. The number of rotatable bonds is 4. The van der Waals surface area contributed by atoms with Gasteiger partial charge in [0.15, 0.2) is 0 Å². The van der Waals surface area contributed by atoms with Crippen LogP contribution in [0.2, 0.25) is 0 Å². The molecule has 2 saturated heterocycles. The maximum absolute atomic E-state index is 12.5. The highest BCUT2D eigenvalue weighted by molar-refractivity contribution is 7.98. The Morgan fingerprint density at radius 2 is 2.04 bits per heavy atom. The quantitative estimate of drug-likeness (QED) is 0.887. The van der Waals surface area contributed by atoms with Crippen molar-refractivity contribution in [1.82, 2.24) is 4.90 Å². The molecular formula is C19H27N3O2S. The number of nitrogens with zero attached hydrogens (tertiary/aromatic N) is 2. The number of benzene rings is 1. The lowest BCUT2D eigenvalue weighted by Crippen LogP contribution is -2.41. The van der Waals surface area contributed by atoms with Crippen LogP contribution < -0.4 is 10.2 Å². The molecule has 2 aliphatic rings. The van der Waals surface area contributed by atoms with Crippen LogP contribution in [-0.2, 0) is 4.79 Å². The zero-order chi connectivity index (χ0) is 17.8. The molecule has 25 heavy (non-hydrogen) atoms. The van der Waals surface area contributed by atoms with Gasteiger partial charge in [-0.25, -0.2) is 4.79 Å². The third-order valence-corrected chi connectivity index (χ3v) is 5.97. The predicted molar refractivity (Wildman–Crippen MR) is 104 cm³/mol. The number of carbonyl (C=O) groups excluding carboxylic acids is 2. The van der Waals surface area contributed by atoms with Gasteiger partial charge in [0.25, 0.3) is 0 Å². The molecule has 0 bridgehead atoms. The lowest BCUT2D eigenvalue weighted by molar-refractivity contribution is -0.117. The molecule has 6 heteroatoms. The number of nitrogens with one attached hydrogen (secondary N) is 1. The third kappa shape index (κ3) is 4.29. The van der Waals surface area contributed by atoms with Gasteiger partial charge in [0.2, 0.25) is 5.91 Å². The molecule has 1 N–H and O–H groups in total. The Balaban J connectivity index is 1.61. The Morgan fingerprint density at radius 3 is 2.68 bits per heavy atom.